The summed E-state index contributed by atoms with van der Waals surface area (Å²) in [6, 6.07) is 13.2. The molecular formula is C22H20N2O3S. The normalized spacial score (nSPS) is 18.1. The SMILES string of the molecule is Cc1ccc(NC(=O)C(=O)C2CCC3=C(Sc4ccccc4N3)C2=O)cc1C. The molecular weight excluding hydrogens is 372 g/mol. The van der Waals surface area contributed by atoms with Gasteiger partial charge in [-0.25, -0.2) is 0 Å². The van der Waals surface area contributed by atoms with E-state index in [-0.39, 0.29) is 5.78 Å². The van der Waals surface area contributed by atoms with Crippen molar-refractivity contribution < 1.29 is 14.4 Å². The molecule has 1 heterocycles. The Hall–Kier alpha value is -2.86. The number of hydrogen-bond donors (Lipinski definition) is 2. The molecule has 4 rings (SSSR count). The van der Waals surface area contributed by atoms with Gasteiger partial charge in [-0.3, -0.25) is 14.4 Å². The molecule has 2 aliphatic rings. The van der Waals surface area contributed by atoms with Gasteiger partial charge in [0.25, 0.3) is 5.91 Å². The first-order chi connectivity index (χ1) is 13.4. The van der Waals surface area contributed by atoms with Gasteiger partial charge in [0, 0.05) is 16.3 Å². The second kappa shape index (κ2) is 7.28. The maximum atomic E-state index is 12.9. The summed E-state index contributed by atoms with van der Waals surface area (Å²) in [5.74, 6) is -2.60. The highest BCUT2D eigenvalue weighted by Gasteiger charge is 2.39. The monoisotopic (exact) mass is 392 g/mol. The van der Waals surface area contributed by atoms with E-state index in [4.69, 9.17) is 0 Å². The Kier molecular flexibility index (Phi) is 4.81. The number of para-hydroxylation sites is 1. The number of carbonyl (C=O) groups is 3. The zero-order valence-electron chi connectivity index (χ0n) is 15.7. The number of aryl methyl sites for hydroxylation is 2. The largest absolute Gasteiger partial charge is 0.357 e. The van der Waals surface area contributed by atoms with Gasteiger partial charge in [0.1, 0.15) is 0 Å². The Morgan fingerprint density at radius 2 is 1.89 bits per heavy atom. The highest BCUT2D eigenvalue weighted by Crippen LogP contribution is 2.44. The predicted octanol–water partition coefficient (Wildman–Crippen LogP) is 4.22. The second-order valence-electron chi connectivity index (χ2n) is 7.10. The quantitative estimate of drug-likeness (QED) is 0.604. The van der Waals surface area contributed by atoms with Crippen molar-refractivity contribution in [3.05, 3.63) is 64.2 Å². The van der Waals surface area contributed by atoms with Crippen LogP contribution in [0.1, 0.15) is 24.0 Å². The van der Waals surface area contributed by atoms with Crippen molar-refractivity contribution >= 4 is 40.6 Å². The fraction of sp³-hybridized carbons (Fsp3) is 0.227. The van der Waals surface area contributed by atoms with Crippen LogP contribution >= 0.6 is 11.8 Å². The molecule has 2 aromatic rings. The van der Waals surface area contributed by atoms with Crippen LogP contribution in [0.15, 0.2) is 58.0 Å². The fourth-order valence-electron chi connectivity index (χ4n) is 3.42. The van der Waals surface area contributed by atoms with E-state index in [2.05, 4.69) is 10.6 Å². The maximum Gasteiger partial charge on any atom is 0.292 e. The Bertz CT molecular complexity index is 1040. The van der Waals surface area contributed by atoms with Crippen LogP contribution in [0.4, 0.5) is 11.4 Å². The molecule has 2 aromatic carbocycles. The number of amides is 1. The number of rotatable bonds is 3. The van der Waals surface area contributed by atoms with Gasteiger partial charge in [-0.2, -0.15) is 0 Å². The van der Waals surface area contributed by atoms with Crippen LogP contribution < -0.4 is 10.6 Å². The second-order valence-corrected chi connectivity index (χ2v) is 8.16. The van der Waals surface area contributed by atoms with Crippen molar-refractivity contribution in [3.63, 3.8) is 0 Å². The summed E-state index contributed by atoms with van der Waals surface area (Å²) in [4.78, 5) is 39.6. The van der Waals surface area contributed by atoms with Gasteiger partial charge in [-0.05, 0) is 62.1 Å². The number of benzene rings is 2. The van der Waals surface area contributed by atoms with Gasteiger partial charge in [-0.15, -0.1) is 0 Å². The summed E-state index contributed by atoms with van der Waals surface area (Å²) in [7, 11) is 0. The van der Waals surface area contributed by atoms with E-state index in [0.717, 1.165) is 27.4 Å². The van der Waals surface area contributed by atoms with Gasteiger partial charge >= 0.3 is 0 Å². The third kappa shape index (κ3) is 3.36. The van der Waals surface area contributed by atoms with E-state index in [0.29, 0.717) is 23.4 Å². The third-order valence-corrected chi connectivity index (χ3v) is 6.41. The van der Waals surface area contributed by atoms with Gasteiger partial charge in [0.05, 0.1) is 16.5 Å². The molecule has 1 amide bonds. The Morgan fingerprint density at radius 3 is 2.68 bits per heavy atom. The molecule has 2 N–H and O–H groups in total. The summed E-state index contributed by atoms with van der Waals surface area (Å²) in [6.07, 6.45) is 0.905. The molecule has 28 heavy (non-hydrogen) atoms. The summed E-state index contributed by atoms with van der Waals surface area (Å²) >= 11 is 1.37. The number of nitrogens with one attached hydrogen (secondary N) is 2. The van der Waals surface area contributed by atoms with Crippen LogP contribution in [0, 0.1) is 19.8 Å². The lowest BCUT2D eigenvalue weighted by molar-refractivity contribution is -0.140. The first kappa shape index (κ1) is 18.5. The van der Waals surface area contributed by atoms with Gasteiger partial charge in [0.2, 0.25) is 5.78 Å². The van der Waals surface area contributed by atoms with Crippen LogP contribution in [-0.2, 0) is 14.4 Å². The average Bonchev–Trinajstić information content (AvgIpc) is 2.69. The minimum Gasteiger partial charge on any atom is -0.357 e. The molecule has 1 aliphatic heterocycles. The Labute approximate surface area is 167 Å². The van der Waals surface area contributed by atoms with Crippen molar-refractivity contribution in [2.24, 2.45) is 5.92 Å². The third-order valence-electron chi connectivity index (χ3n) is 5.19. The van der Waals surface area contributed by atoms with E-state index >= 15 is 0 Å². The molecule has 1 unspecified atom stereocenters. The van der Waals surface area contributed by atoms with Crippen molar-refractivity contribution in [2.45, 2.75) is 31.6 Å². The molecule has 0 aromatic heterocycles. The van der Waals surface area contributed by atoms with Crippen LogP contribution in [0.5, 0.6) is 0 Å². The molecule has 142 valence electrons. The smallest absolute Gasteiger partial charge is 0.292 e. The molecule has 0 fully saturated rings. The fourth-order valence-corrected chi connectivity index (χ4v) is 4.54. The highest BCUT2D eigenvalue weighted by molar-refractivity contribution is 8.04. The molecule has 0 saturated carbocycles. The number of fused-ring (bicyclic) bond motifs is 1. The van der Waals surface area contributed by atoms with E-state index in [9.17, 15) is 14.4 Å². The van der Waals surface area contributed by atoms with Gasteiger partial charge < -0.3 is 10.6 Å². The summed E-state index contributed by atoms with van der Waals surface area (Å²) in [6.45, 7) is 3.92. The first-order valence-corrected chi connectivity index (χ1v) is 9.99. The zero-order chi connectivity index (χ0) is 19.8. The zero-order valence-corrected chi connectivity index (χ0v) is 16.5. The van der Waals surface area contributed by atoms with E-state index < -0.39 is 17.6 Å². The molecule has 0 spiro atoms. The van der Waals surface area contributed by atoms with Crippen LogP contribution in [-0.4, -0.2) is 17.5 Å². The average molecular weight is 392 g/mol. The maximum absolute atomic E-state index is 12.9. The number of carbonyl (C=O) groups excluding carboxylic acids is 3. The number of allylic oxidation sites excluding steroid dienone is 2. The Morgan fingerprint density at radius 1 is 1.11 bits per heavy atom. The van der Waals surface area contributed by atoms with Crippen molar-refractivity contribution in [3.8, 4) is 0 Å². The Balaban J connectivity index is 1.50. The standard InChI is InChI=1S/C22H20N2O3S/c1-12-7-8-14(11-13(12)2)23-22(27)20(26)15-9-10-17-21(19(15)25)28-18-6-4-3-5-16(18)24-17/h3-8,11,15,24H,9-10H2,1-2H3,(H,23,27). The molecule has 1 atom stereocenters. The molecule has 0 bridgehead atoms. The summed E-state index contributed by atoms with van der Waals surface area (Å²) < 4.78 is 0. The van der Waals surface area contributed by atoms with Gasteiger partial charge in [0.15, 0.2) is 5.78 Å². The number of anilines is 2. The van der Waals surface area contributed by atoms with Gasteiger partial charge in [-0.1, -0.05) is 30.0 Å². The lowest BCUT2D eigenvalue weighted by Crippen LogP contribution is -2.37. The molecule has 5 nitrogen and oxygen atoms in total. The van der Waals surface area contributed by atoms with Crippen molar-refractivity contribution in [2.75, 3.05) is 10.6 Å². The van der Waals surface area contributed by atoms with Crippen LogP contribution in [0.2, 0.25) is 0 Å². The van der Waals surface area contributed by atoms with Crippen LogP contribution in [0.3, 0.4) is 0 Å². The molecule has 0 saturated heterocycles. The van der Waals surface area contributed by atoms with Crippen molar-refractivity contribution in [1.82, 2.24) is 0 Å². The van der Waals surface area contributed by atoms with Crippen molar-refractivity contribution in [1.29, 1.82) is 0 Å². The summed E-state index contributed by atoms with van der Waals surface area (Å²) in [5, 5.41) is 5.93. The van der Waals surface area contributed by atoms with E-state index in [1.54, 1.807) is 6.07 Å². The van der Waals surface area contributed by atoms with E-state index in [1.807, 2.05) is 50.2 Å². The topological polar surface area (TPSA) is 75.3 Å². The number of Topliss-reactive ketones (excluding diaryl/α,β-unsaturated/α-hetero) is 2. The first-order valence-electron chi connectivity index (χ1n) is 9.18. The number of hydrogen-bond acceptors (Lipinski definition) is 5. The minimum absolute atomic E-state index is 0.270. The minimum atomic E-state index is -0.926. The lowest BCUT2D eigenvalue weighted by atomic mass is 9.87. The van der Waals surface area contributed by atoms with Crippen LogP contribution in [0.25, 0.3) is 0 Å². The highest BCUT2D eigenvalue weighted by atomic mass is 32.2. The molecule has 6 heteroatoms. The predicted molar refractivity (Wildman–Crippen MR) is 110 cm³/mol. The van der Waals surface area contributed by atoms with E-state index in [1.165, 1.54) is 11.8 Å². The number of ketones is 2. The molecule has 1 aliphatic carbocycles. The lowest BCUT2D eigenvalue weighted by Gasteiger charge is -2.29. The number of thioether (sulfide) groups is 1. The molecule has 0 radical (unpaired) electrons. The summed E-state index contributed by atoms with van der Waals surface area (Å²) in [5.41, 5.74) is 4.50.